The molecule has 3 unspecified atom stereocenters. The van der Waals surface area contributed by atoms with Crippen molar-refractivity contribution in [1.82, 2.24) is 5.32 Å². The second-order valence-electron chi connectivity index (χ2n) is 5.01. The maximum absolute atomic E-state index is 6.05. The van der Waals surface area contributed by atoms with Gasteiger partial charge in [0, 0.05) is 11.6 Å². The van der Waals surface area contributed by atoms with Crippen molar-refractivity contribution in [2.24, 2.45) is 17.6 Å². The Morgan fingerprint density at radius 2 is 1.69 bits per heavy atom. The number of hydrogen-bond acceptors (Lipinski definition) is 2. The average molecular weight is 186 g/mol. The first-order chi connectivity index (χ1) is 5.79. The molecule has 0 radical (unpaired) electrons. The van der Waals surface area contributed by atoms with Gasteiger partial charge in [-0.05, 0) is 46.1 Å². The highest BCUT2D eigenvalue weighted by molar-refractivity contribution is 4.82. The molecule has 0 fully saturated rings. The van der Waals surface area contributed by atoms with E-state index in [1.54, 1.807) is 0 Å². The van der Waals surface area contributed by atoms with Crippen molar-refractivity contribution in [3.05, 3.63) is 0 Å². The lowest BCUT2D eigenvalue weighted by molar-refractivity contribution is 0.260. The third-order valence-corrected chi connectivity index (χ3v) is 3.30. The highest BCUT2D eigenvalue weighted by atomic mass is 14.9. The van der Waals surface area contributed by atoms with E-state index in [0.29, 0.717) is 17.9 Å². The van der Waals surface area contributed by atoms with Crippen molar-refractivity contribution in [1.29, 1.82) is 0 Å². The molecule has 0 bridgehead atoms. The number of nitrogens with one attached hydrogen (secondary N) is 1. The van der Waals surface area contributed by atoms with Gasteiger partial charge < -0.3 is 11.1 Å². The van der Waals surface area contributed by atoms with Gasteiger partial charge in [0.1, 0.15) is 0 Å². The Kier molecular flexibility index (Phi) is 4.93. The minimum Gasteiger partial charge on any atom is -0.325 e. The lowest BCUT2D eigenvalue weighted by Gasteiger charge is -2.31. The summed E-state index contributed by atoms with van der Waals surface area (Å²) in [5.41, 5.74) is 5.99. The second kappa shape index (κ2) is 4.97. The molecule has 0 heterocycles. The van der Waals surface area contributed by atoms with E-state index in [1.807, 2.05) is 7.05 Å². The molecule has 2 nitrogen and oxygen atoms in total. The number of hydrogen-bond donors (Lipinski definition) is 2. The Balaban J connectivity index is 3.98. The number of rotatable bonds is 5. The molecule has 0 aromatic heterocycles. The molecule has 3 N–H and O–H groups in total. The van der Waals surface area contributed by atoms with E-state index in [2.05, 4.69) is 39.9 Å². The predicted molar refractivity (Wildman–Crippen MR) is 59.7 cm³/mol. The van der Waals surface area contributed by atoms with Crippen molar-refractivity contribution in [2.45, 2.75) is 52.6 Å². The summed E-state index contributed by atoms with van der Waals surface area (Å²) >= 11 is 0. The van der Waals surface area contributed by atoms with Crippen LogP contribution in [0.25, 0.3) is 0 Å². The molecule has 13 heavy (non-hydrogen) atoms. The Morgan fingerprint density at radius 1 is 1.23 bits per heavy atom. The third kappa shape index (κ3) is 4.63. The first-order valence-electron chi connectivity index (χ1n) is 5.25. The molecule has 0 aliphatic heterocycles. The van der Waals surface area contributed by atoms with Crippen LogP contribution in [0, 0.1) is 11.8 Å². The molecular formula is C11H26N2. The highest BCUT2D eigenvalue weighted by Gasteiger charge is 2.23. The fourth-order valence-corrected chi connectivity index (χ4v) is 1.35. The standard InChI is InChI=1S/C11H26N2/c1-8(10(3)13-6)7-9(2)11(4,5)12/h8-10,13H,7,12H2,1-6H3. The van der Waals surface area contributed by atoms with Gasteiger partial charge in [0.2, 0.25) is 0 Å². The van der Waals surface area contributed by atoms with Crippen LogP contribution in [0.5, 0.6) is 0 Å². The van der Waals surface area contributed by atoms with Gasteiger partial charge in [-0.2, -0.15) is 0 Å². The van der Waals surface area contributed by atoms with E-state index in [9.17, 15) is 0 Å². The molecule has 0 saturated heterocycles. The van der Waals surface area contributed by atoms with Crippen molar-refractivity contribution in [3.63, 3.8) is 0 Å². The lowest BCUT2D eigenvalue weighted by Crippen LogP contribution is -2.41. The topological polar surface area (TPSA) is 38.0 Å². The van der Waals surface area contributed by atoms with E-state index in [0.717, 1.165) is 0 Å². The zero-order valence-corrected chi connectivity index (χ0v) is 10.0. The van der Waals surface area contributed by atoms with Crippen LogP contribution in [0.3, 0.4) is 0 Å². The van der Waals surface area contributed by atoms with Crippen molar-refractivity contribution in [3.8, 4) is 0 Å². The minimum absolute atomic E-state index is 0.0538. The van der Waals surface area contributed by atoms with Crippen LogP contribution in [-0.2, 0) is 0 Å². The molecule has 0 aliphatic carbocycles. The molecule has 0 aromatic carbocycles. The average Bonchev–Trinajstić information content (AvgIpc) is 2.01. The molecule has 80 valence electrons. The minimum atomic E-state index is -0.0538. The zero-order valence-electron chi connectivity index (χ0n) is 10.0. The monoisotopic (exact) mass is 186 g/mol. The Hall–Kier alpha value is -0.0800. The molecule has 3 atom stereocenters. The van der Waals surface area contributed by atoms with Crippen molar-refractivity contribution in [2.75, 3.05) is 7.05 Å². The summed E-state index contributed by atoms with van der Waals surface area (Å²) in [7, 11) is 2.01. The summed E-state index contributed by atoms with van der Waals surface area (Å²) in [6.07, 6.45) is 1.19. The summed E-state index contributed by atoms with van der Waals surface area (Å²) in [5, 5.41) is 3.28. The summed E-state index contributed by atoms with van der Waals surface area (Å²) in [4.78, 5) is 0. The van der Waals surface area contributed by atoms with E-state index < -0.39 is 0 Å². The van der Waals surface area contributed by atoms with Gasteiger partial charge in [0.25, 0.3) is 0 Å². The summed E-state index contributed by atoms with van der Waals surface area (Å²) in [5.74, 6) is 1.25. The van der Waals surface area contributed by atoms with E-state index in [4.69, 9.17) is 5.73 Å². The fraction of sp³-hybridized carbons (Fsp3) is 1.00. The first-order valence-corrected chi connectivity index (χ1v) is 5.25. The zero-order chi connectivity index (χ0) is 10.6. The van der Waals surface area contributed by atoms with Gasteiger partial charge in [0.05, 0.1) is 0 Å². The van der Waals surface area contributed by atoms with Crippen LogP contribution in [0.2, 0.25) is 0 Å². The van der Waals surface area contributed by atoms with Crippen LogP contribution in [-0.4, -0.2) is 18.6 Å². The van der Waals surface area contributed by atoms with E-state index in [-0.39, 0.29) is 5.54 Å². The van der Waals surface area contributed by atoms with Crippen LogP contribution in [0.4, 0.5) is 0 Å². The van der Waals surface area contributed by atoms with Gasteiger partial charge in [0.15, 0.2) is 0 Å². The van der Waals surface area contributed by atoms with Crippen LogP contribution in [0.15, 0.2) is 0 Å². The van der Waals surface area contributed by atoms with Crippen molar-refractivity contribution >= 4 is 0 Å². The Morgan fingerprint density at radius 3 is 2.00 bits per heavy atom. The molecular weight excluding hydrogens is 160 g/mol. The van der Waals surface area contributed by atoms with Crippen LogP contribution in [0.1, 0.15) is 41.0 Å². The van der Waals surface area contributed by atoms with E-state index in [1.165, 1.54) is 6.42 Å². The van der Waals surface area contributed by atoms with Gasteiger partial charge in [-0.1, -0.05) is 13.8 Å². The molecule has 0 amide bonds. The Labute approximate surface area is 83.3 Å². The maximum Gasteiger partial charge on any atom is 0.0123 e. The molecule has 0 aromatic rings. The highest BCUT2D eigenvalue weighted by Crippen LogP contribution is 2.22. The fourth-order valence-electron chi connectivity index (χ4n) is 1.35. The summed E-state index contributed by atoms with van der Waals surface area (Å²) in [6, 6.07) is 0.574. The quantitative estimate of drug-likeness (QED) is 0.689. The normalized spacial score (nSPS) is 19.6. The maximum atomic E-state index is 6.05. The largest absolute Gasteiger partial charge is 0.325 e. The smallest absolute Gasteiger partial charge is 0.0123 e. The molecule has 2 heteroatoms. The molecule has 0 aliphatic rings. The summed E-state index contributed by atoms with van der Waals surface area (Å²) < 4.78 is 0. The van der Waals surface area contributed by atoms with E-state index >= 15 is 0 Å². The van der Waals surface area contributed by atoms with Crippen molar-refractivity contribution < 1.29 is 0 Å². The molecule has 0 spiro atoms. The van der Waals surface area contributed by atoms with Crippen LogP contribution >= 0.6 is 0 Å². The Bertz CT molecular complexity index is 138. The predicted octanol–water partition coefficient (Wildman–Crippen LogP) is 1.99. The lowest BCUT2D eigenvalue weighted by atomic mass is 9.81. The first kappa shape index (κ1) is 12.9. The molecule has 0 rings (SSSR count). The number of nitrogens with two attached hydrogens (primary N) is 1. The summed E-state index contributed by atoms with van der Waals surface area (Å²) in [6.45, 7) is 11.0. The molecule has 0 saturated carbocycles. The van der Waals surface area contributed by atoms with Gasteiger partial charge in [-0.25, -0.2) is 0 Å². The third-order valence-electron chi connectivity index (χ3n) is 3.30. The van der Waals surface area contributed by atoms with Gasteiger partial charge in [-0.3, -0.25) is 0 Å². The SMILES string of the molecule is CNC(C)C(C)CC(C)C(C)(C)N. The van der Waals surface area contributed by atoms with Gasteiger partial charge in [-0.15, -0.1) is 0 Å². The van der Waals surface area contributed by atoms with Crippen LogP contribution < -0.4 is 11.1 Å². The second-order valence-corrected chi connectivity index (χ2v) is 5.01. The van der Waals surface area contributed by atoms with Gasteiger partial charge >= 0.3 is 0 Å².